The largest absolute Gasteiger partial charge is 0.0622 e. The minimum Gasteiger partial charge on any atom is -0.0622 e. The molecule has 0 aliphatic carbocycles. The average Bonchev–Trinajstić information content (AvgIpc) is 3.70. The van der Waals surface area contributed by atoms with Crippen LogP contribution in [0.1, 0.15) is 0 Å². The molecule has 0 nitrogen and oxygen atoms in total. The van der Waals surface area contributed by atoms with Crippen molar-refractivity contribution in [2.24, 2.45) is 0 Å². The summed E-state index contributed by atoms with van der Waals surface area (Å²) in [6, 6.07) is 105. The van der Waals surface area contributed by atoms with Gasteiger partial charge in [0.15, 0.2) is 0 Å². The molecule has 0 aliphatic rings. The monoisotopic (exact) mass is 982 g/mol. The highest BCUT2D eigenvalue weighted by atomic mass is 14.3. The maximum absolute atomic E-state index is 2.48. The minimum absolute atomic E-state index is 1.18. The van der Waals surface area contributed by atoms with Gasteiger partial charge in [0.05, 0.1) is 0 Å². The van der Waals surface area contributed by atoms with Gasteiger partial charge in [0.25, 0.3) is 0 Å². The SMILES string of the molecule is c1ccc(-c2c3ccc(-c4cccc(-c5ccc6c(-c7ccccc7)c7c8cccc9ccc%10cccc(c7c(-c7ccccc7)c6c5)c%10c98)c4)cc3c(-c3ccccc3)c3c4cccc5ccc6cccc(c23)c6c54)cc1. The maximum atomic E-state index is 2.48. The summed E-state index contributed by atoms with van der Waals surface area (Å²) in [7, 11) is 0. The summed E-state index contributed by atoms with van der Waals surface area (Å²) in [5, 5.41) is 25.8. The molecule has 0 aromatic heterocycles. The van der Waals surface area contributed by atoms with Crippen molar-refractivity contribution in [2.45, 2.75) is 0 Å². The van der Waals surface area contributed by atoms with E-state index in [2.05, 4.69) is 279 Å². The van der Waals surface area contributed by atoms with E-state index in [0.717, 1.165) is 0 Å². The first kappa shape index (κ1) is 43.1. The zero-order valence-electron chi connectivity index (χ0n) is 42.6. The van der Waals surface area contributed by atoms with Crippen molar-refractivity contribution in [3.05, 3.63) is 279 Å². The fraction of sp³-hybridized carbons (Fsp3) is 0. The van der Waals surface area contributed by atoms with Crippen LogP contribution in [0.25, 0.3) is 174 Å². The molecule has 0 aliphatic heterocycles. The second kappa shape index (κ2) is 16.7. The normalized spacial score (nSPS) is 12.1. The predicted molar refractivity (Wildman–Crippen MR) is 336 cm³/mol. The molecule has 0 N–H and O–H groups in total. The third-order valence-corrected chi connectivity index (χ3v) is 17.2. The summed E-state index contributed by atoms with van der Waals surface area (Å²) in [6.45, 7) is 0. The van der Waals surface area contributed by atoms with Crippen LogP contribution in [0.3, 0.4) is 0 Å². The van der Waals surface area contributed by atoms with Crippen molar-refractivity contribution in [3.63, 3.8) is 0 Å². The molecule has 0 saturated carbocycles. The van der Waals surface area contributed by atoms with Crippen LogP contribution < -0.4 is 0 Å². The summed E-state index contributed by atoms with van der Waals surface area (Å²) < 4.78 is 0. The van der Waals surface area contributed by atoms with Crippen LogP contribution in [0.15, 0.2) is 279 Å². The van der Waals surface area contributed by atoms with E-state index < -0.39 is 0 Å². The lowest BCUT2D eigenvalue weighted by atomic mass is 9.79. The Morgan fingerprint density at radius 3 is 0.692 bits per heavy atom. The molecule has 17 aromatic rings. The predicted octanol–water partition coefficient (Wildman–Crippen LogP) is 22.1. The van der Waals surface area contributed by atoms with E-state index in [4.69, 9.17) is 0 Å². The molecule has 17 aromatic carbocycles. The van der Waals surface area contributed by atoms with E-state index in [1.54, 1.807) is 0 Å². The summed E-state index contributed by atoms with van der Waals surface area (Å²) in [5.74, 6) is 0. The molecule has 0 spiro atoms. The van der Waals surface area contributed by atoms with Crippen molar-refractivity contribution in [2.75, 3.05) is 0 Å². The highest BCUT2D eigenvalue weighted by molar-refractivity contribution is 6.43. The zero-order valence-corrected chi connectivity index (χ0v) is 42.6. The standard InChI is InChI=1S/C78H46/c1-5-18-47(19-6-1)67-59-42-40-57(45-65(59)73(49-22-9-3-10-23-49)77-63-34-16-28-53-38-36-51-26-14-32-61(75(67)77)69(51)71(53)63)55-30-13-31-56(44-55)58-41-43-60-66(46-58)74(50-24-11-4-12-25-50)78-64-35-17-29-54-39-37-52-27-15-33-62(70(52)72(54)64)76(78)68(60)48-20-7-2-8-21-48/h1-46H. The van der Waals surface area contributed by atoms with Gasteiger partial charge in [-0.2, -0.15) is 0 Å². The highest BCUT2D eigenvalue weighted by Gasteiger charge is 2.26. The smallest absolute Gasteiger partial charge is 0.000741 e. The van der Waals surface area contributed by atoms with E-state index >= 15 is 0 Å². The summed E-state index contributed by atoms with van der Waals surface area (Å²) in [5.41, 5.74) is 14.7. The fourth-order valence-corrected chi connectivity index (χ4v) is 14.1. The molecule has 0 heteroatoms. The van der Waals surface area contributed by atoms with Crippen LogP contribution >= 0.6 is 0 Å². The van der Waals surface area contributed by atoms with Crippen LogP contribution in [0.5, 0.6) is 0 Å². The lowest BCUT2D eigenvalue weighted by Crippen LogP contribution is -1.95. The Hall–Kier alpha value is -10.1. The Bertz CT molecular complexity index is 4940. The van der Waals surface area contributed by atoms with Crippen LogP contribution in [0.4, 0.5) is 0 Å². The molecule has 0 unspecified atom stereocenters. The first-order chi connectivity index (χ1) is 38.7. The Morgan fingerprint density at radius 1 is 0.128 bits per heavy atom. The zero-order chi connectivity index (χ0) is 51.0. The van der Waals surface area contributed by atoms with Crippen molar-refractivity contribution in [1.82, 2.24) is 0 Å². The first-order valence-corrected chi connectivity index (χ1v) is 27.2. The second-order valence-electron chi connectivity index (χ2n) is 21.3. The van der Waals surface area contributed by atoms with Crippen LogP contribution in [0, 0.1) is 0 Å². The van der Waals surface area contributed by atoms with E-state index in [0.29, 0.717) is 0 Å². The van der Waals surface area contributed by atoms with Gasteiger partial charge in [-0.25, -0.2) is 0 Å². The number of rotatable bonds is 6. The van der Waals surface area contributed by atoms with E-state index in [-0.39, 0.29) is 0 Å². The number of hydrogen-bond acceptors (Lipinski definition) is 0. The van der Waals surface area contributed by atoms with Gasteiger partial charge in [-0.3, -0.25) is 0 Å². The quantitative estimate of drug-likeness (QED) is 0.115. The van der Waals surface area contributed by atoms with Gasteiger partial charge in [-0.1, -0.05) is 261 Å². The van der Waals surface area contributed by atoms with Gasteiger partial charge in [0.1, 0.15) is 0 Å². The molecule has 0 heterocycles. The molecule has 0 radical (unpaired) electrons. The highest BCUT2D eigenvalue weighted by Crippen LogP contribution is 2.54. The molecule has 0 fully saturated rings. The van der Waals surface area contributed by atoms with Gasteiger partial charge in [-0.05, 0) is 193 Å². The number of hydrogen-bond donors (Lipinski definition) is 0. The van der Waals surface area contributed by atoms with Crippen molar-refractivity contribution in [1.29, 1.82) is 0 Å². The lowest BCUT2D eigenvalue weighted by Gasteiger charge is -2.23. The molecule has 358 valence electrons. The second-order valence-corrected chi connectivity index (χ2v) is 21.3. The van der Waals surface area contributed by atoms with E-state index in [1.807, 2.05) is 0 Å². The third kappa shape index (κ3) is 6.17. The summed E-state index contributed by atoms with van der Waals surface area (Å²) >= 11 is 0. The average molecular weight is 983 g/mol. The van der Waals surface area contributed by atoms with Gasteiger partial charge in [0.2, 0.25) is 0 Å². The molecule has 0 amide bonds. The lowest BCUT2D eigenvalue weighted by molar-refractivity contribution is 1.61. The number of fused-ring (bicyclic) bond motifs is 8. The minimum atomic E-state index is 1.18. The van der Waals surface area contributed by atoms with Gasteiger partial charge >= 0.3 is 0 Å². The first-order valence-electron chi connectivity index (χ1n) is 27.2. The van der Waals surface area contributed by atoms with Gasteiger partial charge in [0, 0.05) is 0 Å². The van der Waals surface area contributed by atoms with Crippen molar-refractivity contribution < 1.29 is 0 Å². The number of benzene rings is 17. The summed E-state index contributed by atoms with van der Waals surface area (Å²) in [6.07, 6.45) is 0. The Morgan fingerprint density at radius 2 is 0.385 bits per heavy atom. The molecular weight excluding hydrogens is 937 g/mol. The van der Waals surface area contributed by atoms with Crippen molar-refractivity contribution in [3.8, 4) is 66.8 Å². The van der Waals surface area contributed by atoms with Gasteiger partial charge in [-0.15, -0.1) is 0 Å². The topological polar surface area (TPSA) is 0 Å². The van der Waals surface area contributed by atoms with Crippen LogP contribution in [-0.4, -0.2) is 0 Å². The third-order valence-electron chi connectivity index (χ3n) is 17.2. The summed E-state index contributed by atoms with van der Waals surface area (Å²) in [4.78, 5) is 0. The fourth-order valence-electron chi connectivity index (χ4n) is 14.1. The van der Waals surface area contributed by atoms with Crippen molar-refractivity contribution >= 4 is 108 Å². The molecule has 0 atom stereocenters. The van der Waals surface area contributed by atoms with E-state index in [9.17, 15) is 0 Å². The maximum Gasteiger partial charge on any atom is -0.000741 e. The Kier molecular flexibility index (Phi) is 9.22. The van der Waals surface area contributed by atoms with Crippen LogP contribution in [-0.2, 0) is 0 Å². The Labute approximate surface area is 451 Å². The van der Waals surface area contributed by atoms with Crippen LogP contribution in [0.2, 0.25) is 0 Å². The van der Waals surface area contributed by atoms with E-state index in [1.165, 1.54) is 174 Å². The van der Waals surface area contributed by atoms with Gasteiger partial charge < -0.3 is 0 Å². The molecule has 0 bridgehead atoms. The molecule has 0 saturated heterocycles. The molecule has 17 rings (SSSR count). The molecular formula is C78H46. The molecule has 78 heavy (non-hydrogen) atoms. The Balaban J connectivity index is 0.946.